The highest BCUT2D eigenvalue weighted by atomic mass is 32.2. The van der Waals surface area contributed by atoms with Gasteiger partial charge in [-0.2, -0.15) is 0 Å². The predicted octanol–water partition coefficient (Wildman–Crippen LogP) is 1.95. The SMILES string of the molecule is CNC(=O)C1CN(C(=O)COC(=O)c2occc2CS(=O)(=O)c2ccccc2)c2ccccc2O1. The first kappa shape index (κ1) is 24.0. The summed E-state index contributed by atoms with van der Waals surface area (Å²) in [5.74, 6) is -2.42. The molecule has 2 aromatic carbocycles. The number of fused-ring (bicyclic) bond motifs is 1. The maximum absolute atomic E-state index is 12.9. The molecule has 1 atom stereocenters. The Labute approximate surface area is 201 Å². The van der Waals surface area contributed by atoms with Crippen molar-refractivity contribution < 1.29 is 36.7 Å². The highest BCUT2D eigenvalue weighted by Crippen LogP contribution is 2.33. The zero-order valence-electron chi connectivity index (χ0n) is 18.7. The Morgan fingerprint density at radius 3 is 2.51 bits per heavy atom. The monoisotopic (exact) mass is 498 g/mol. The van der Waals surface area contributed by atoms with Crippen molar-refractivity contribution in [3.8, 4) is 5.75 Å². The molecule has 11 heteroatoms. The van der Waals surface area contributed by atoms with E-state index in [1.54, 1.807) is 42.5 Å². The number of amides is 2. The Morgan fingerprint density at radius 2 is 1.77 bits per heavy atom. The summed E-state index contributed by atoms with van der Waals surface area (Å²) >= 11 is 0. The Bertz CT molecular complexity index is 1350. The molecule has 10 nitrogen and oxygen atoms in total. The van der Waals surface area contributed by atoms with E-state index >= 15 is 0 Å². The minimum Gasteiger partial charge on any atom is -0.477 e. The number of furan rings is 1. The van der Waals surface area contributed by atoms with Crippen molar-refractivity contribution in [3.05, 3.63) is 78.3 Å². The third-order valence-electron chi connectivity index (χ3n) is 5.32. The van der Waals surface area contributed by atoms with Gasteiger partial charge in [-0.25, -0.2) is 13.2 Å². The molecule has 0 saturated heterocycles. The van der Waals surface area contributed by atoms with Gasteiger partial charge in [-0.15, -0.1) is 0 Å². The van der Waals surface area contributed by atoms with Crippen molar-refractivity contribution in [3.63, 3.8) is 0 Å². The van der Waals surface area contributed by atoms with Gasteiger partial charge >= 0.3 is 5.97 Å². The summed E-state index contributed by atoms with van der Waals surface area (Å²) in [5.41, 5.74) is 0.545. The molecule has 1 aromatic heterocycles. The quantitative estimate of drug-likeness (QED) is 0.489. The molecule has 2 heterocycles. The normalized spacial score (nSPS) is 15.0. The summed E-state index contributed by atoms with van der Waals surface area (Å²) in [5, 5.41) is 2.48. The van der Waals surface area contributed by atoms with Gasteiger partial charge in [0.05, 0.1) is 29.1 Å². The maximum Gasteiger partial charge on any atom is 0.375 e. The third-order valence-corrected chi connectivity index (χ3v) is 7.00. The molecule has 0 spiro atoms. The average Bonchev–Trinajstić information content (AvgIpc) is 3.33. The van der Waals surface area contributed by atoms with Crippen LogP contribution in [-0.4, -0.2) is 52.5 Å². The molecule has 3 aromatic rings. The zero-order valence-corrected chi connectivity index (χ0v) is 19.5. The van der Waals surface area contributed by atoms with Crippen LogP contribution < -0.4 is 15.0 Å². The number of para-hydroxylation sites is 2. The summed E-state index contributed by atoms with van der Waals surface area (Å²) in [7, 11) is -2.28. The smallest absolute Gasteiger partial charge is 0.375 e. The number of nitrogens with zero attached hydrogens (tertiary/aromatic N) is 1. The summed E-state index contributed by atoms with van der Waals surface area (Å²) in [4.78, 5) is 39.1. The van der Waals surface area contributed by atoms with Gasteiger partial charge in [-0.1, -0.05) is 30.3 Å². The topological polar surface area (TPSA) is 132 Å². The molecule has 0 fully saturated rings. The standard InChI is InChI=1S/C24H22N2O8S/c1-25-23(28)20-13-26(18-9-5-6-10-19(18)34-20)21(27)14-33-24(29)22-16(11-12-32-22)15-35(30,31)17-7-3-2-4-8-17/h2-12,20H,13-15H2,1H3,(H,25,28). The fourth-order valence-electron chi connectivity index (χ4n) is 3.58. The Kier molecular flexibility index (Phi) is 6.87. The second-order valence-corrected chi connectivity index (χ2v) is 9.61. The molecule has 0 bridgehead atoms. The molecule has 1 unspecified atom stereocenters. The van der Waals surface area contributed by atoms with Crippen LogP contribution in [-0.2, 0) is 29.9 Å². The lowest BCUT2D eigenvalue weighted by atomic mass is 10.1. The van der Waals surface area contributed by atoms with E-state index in [9.17, 15) is 22.8 Å². The van der Waals surface area contributed by atoms with Crippen molar-refractivity contribution in [2.24, 2.45) is 0 Å². The van der Waals surface area contributed by atoms with Gasteiger partial charge in [0, 0.05) is 12.6 Å². The lowest BCUT2D eigenvalue weighted by Gasteiger charge is -2.33. The van der Waals surface area contributed by atoms with Crippen LogP contribution >= 0.6 is 0 Å². The Balaban J connectivity index is 1.46. The number of likely N-dealkylation sites (N-methyl/N-ethyl adjacent to an activating group) is 1. The average molecular weight is 499 g/mol. The fourth-order valence-corrected chi connectivity index (χ4v) is 4.96. The first-order chi connectivity index (χ1) is 16.8. The van der Waals surface area contributed by atoms with Crippen LogP contribution in [0, 0.1) is 0 Å². The van der Waals surface area contributed by atoms with E-state index in [2.05, 4.69) is 5.32 Å². The molecule has 2 amide bonds. The molecule has 1 aliphatic rings. The van der Waals surface area contributed by atoms with Crippen molar-refractivity contribution >= 4 is 33.3 Å². The van der Waals surface area contributed by atoms with Crippen molar-refractivity contribution in [2.45, 2.75) is 16.8 Å². The molecule has 0 saturated carbocycles. The lowest BCUT2D eigenvalue weighted by molar-refractivity contribution is -0.128. The number of rotatable bonds is 7. The van der Waals surface area contributed by atoms with E-state index in [-0.39, 0.29) is 22.8 Å². The van der Waals surface area contributed by atoms with Gasteiger partial charge in [0.25, 0.3) is 11.8 Å². The molecule has 0 radical (unpaired) electrons. The van der Waals surface area contributed by atoms with Crippen LogP contribution in [0.5, 0.6) is 5.75 Å². The van der Waals surface area contributed by atoms with E-state index in [1.807, 2.05) is 0 Å². The van der Waals surface area contributed by atoms with Crippen molar-refractivity contribution in [1.82, 2.24) is 5.32 Å². The molecular formula is C24H22N2O8S. The summed E-state index contributed by atoms with van der Waals surface area (Å²) in [6.45, 7) is -0.729. The predicted molar refractivity (Wildman–Crippen MR) is 124 cm³/mol. The van der Waals surface area contributed by atoms with E-state index in [4.69, 9.17) is 13.9 Å². The molecule has 1 aliphatic heterocycles. The summed E-state index contributed by atoms with van der Waals surface area (Å²) in [6, 6.07) is 15.9. The van der Waals surface area contributed by atoms with Crippen LogP contribution in [0.15, 0.2) is 76.2 Å². The van der Waals surface area contributed by atoms with E-state index in [1.165, 1.54) is 36.4 Å². The highest BCUT2D eigenvalue weighted by Gasteiger charge is 2.34. The van der Waals surface area contributed by atoms with Gasteiger partial charge in [-0.05, 0) is 30.3 Å². The summed E-state index contributed by atoms with van der Waals surface area (Å²) < 4.78 is 41.3. The van der Waals surface area contributed by atoms with Crippen LogP contribution in [0.1, 0.15) is 16.1 Å². The van der Waals surface area contributed by atoms with Crippen LogP contribution in [0.4, 0.5) is 5.69 Å². The molecule has 0 aliphatic carbocycles. The summed E-state index contributed by atoms with van der Waals surface area (Å²) in [6.07, 6.45) is 0.245. The van der Waals surface area contributed by atoms with Gasteiger partial charge in [-0.3, -0.25) is 9.59 Å². The van der Waals surface area contributed by atoms with Gasteiger partial charge in [0.15, 0.2) is 22.5 Å². The minimum atomic E-state index is -3.73. The maximum atomic E-state index is 12.9. The number of hydrogen-bond donors (Lipinski definition) is 1. The van der Waals surface area contributed by atoms with E-state index < -0.39 is 46.1 Å². The van der Waals surface area contributed by atoms with Crippen LogP contribution in [0.25, 0.3) is 0 Å². The Morgan fingerprint density at radius 1 is 1.06 bits per heavy atom. The van der Waals surface area contributed by atoms with E-state index in [0.717, 1.165) is 0 Å². The first-order valence-electron chi connectivity index (χ1n) is 10.6. The molecule has 1 N–H and O–H groups in total. The Hall–Kier alpha value is -4.12. The lowest BCUT2D eigenvalue weighted by Crippen LogP contribution is -2.51. The number of ether oxygens (including phenoxy) is 2. The number of carbonyl (C=O) groups is 3. The minimum absolute atomic E-state index is 0.0750. The molecular weight excluding hydrogens is 476 g/mol. The third kappa shape index (κ3) is 5.19. The fraction of sp³-hybridized carbons (Fsp3) is 0.208. The highest BCUT2D eigenvalue weighted by molar-refractivity contribution is 7.90. The van der Waals surface area contributed by atoms with E-state index in [0.29, 0.717) is 11.4 Å². The number of hydrogen-bond acceptors (Lipinski definition) is 8. The van der Waals surface area contributed by atoms with Crippen LogP contribution in [0.2, 0.25) is 0 Å². The number of benzene rings is 2. The second kappa shape index (κ2) is 10.0. The number of esters is 1. The molecule has 4 rings (SSSR count). The largest absolute Gasteiger partial charge is 0.477 e. The van der Waals surface area contributed by atoms with Gasteiger partial charge < -0.3 is 24.1 Å². The number of anilines is 1. The zero-order chi connectivity index (χ0) is 25.0. The number of sulfone groups is 1. The number of carbonyl (C=O) groups excluding carboxylic acids is 3. The number of nitrogens with one attached hydrogen (secondary N) is 1. The van der Waals surface area contributed by atoms with Gasteiger partial charge in [0.1, 0.15) is 5.75 Å². The molecule has 182 valence electrons. The van der Waals surface area contributed by atoms with Crippen molar-refractivity contribution in [1.29, 1.82) is 0 Å². The first-order valence-corrected chi connectivity index (χ1v) is 12.2. The van der Waals surface area contributed by atoms with Gasteiger partial charge in [0.2, 0.25) is 5.76 Å². The van der Waals surface area contributed by atoms with Crippen LogP contribution in [0.3, 0.4) is 0 Å². The van der Waals surface area contributed by atoms with Crippen molar-refractivity contribution in [2.75, 3.05) is 25.1 Å². The second-order valence-electron chi connectivity index (χ2n) is 7.62. The molecule has 35 heavy (non-hydrogen) atoms.